The first-order valence-corrected chi connectivity index (χ1v) is 8.47. The third-order valence-corrected chi connectivity index (χ3v) is 4.32. The van der Waals surface area contributed by atoms with Crippen LogP contribution in [0.25, 0.3) is 17.1 Å². The van der Waals surface area contributed by atoms with Crippen molar-refractivity contribution in [2.24, 2.45) is 0 Å². The quantitative estimate of drug-likeness (QED) is 0.754. The summed E-state index contributed by atoms with van der Waals surface area (Å²) >= 11 is 0. The van der Waals surface area contributed by atoms with Gasteiger partial charge in [-0.3, -0.25) is 9.59 Å². The van der Waals surface area contributed by atoms with Crippen molar-refractivity contribution in [2.45, 2.75) is 18.9 Å². The van der Waals surface area contributed by atoms with E-state index in [1.54, 1.807) is 29.1 Å². The van der Waals surface area contributed by atoms with E-state index in [2.05, 4.69) is 15.7 Å². The Balaban J connectivity index is 1.65. The Morgan fingerprint density at radius 2 is 2.08 bits per heavy atom. The average Bonchev–Trinajstić information content (AvgIpc) is 3.34. The van der Waals surface area contributed by atoms with Crippen molar-refractivity contribution in [3.05, 3.63) is 60.5 Å². The summed E-state index contributed by atoms with van der Waals surface area (Å²) in [6.07, 6.45) is 2.62. The van der Waals surface area contributed by atoms with Crippen LogP contribution < -0.4 is 10.6 Å². The summed E-state index contributed by atoms with van der Waals surface area (Å²) in [4.78, 5) is 24.1. The molecular weight excluding hydrogens is 332 g/mol. The fourth-order valence-electron chi connectivity index (χ4n) is 2.97. The highest BCUT2D eigenvalue weighted by Crippen LogP contribution is 2.22. The fraction of sp³-hybridized carbons (Fsp3) is 0.211. The maximum absolute atomic E-state index is 12.9. The van der Waals surface area contributed by atoms with Crippen LogP contribution in [0, 0.1) is 0 Å². The van der Waals surface area contributed by atoms with E-state index in [0.717, 1.165) is 5.69 Å². The zero-order valence-corrected chi connectivity index (χ0v) is 14.0. The first kappa shape index (κ1) is 16.1. The highest BCUT2D eigenvalue weighted by atomic mass is 16.3. The lowest BCUT2D eigenvalue weighted by molar-refractivity contribution is -0.122. The van der Waals surface area contributed by atoms with Crippen LogP contribution in [0.15, 0.2) is 59.2 Å². The lowest BCUT2D eigenvalue weighted by Crippen LogP contribution is -2.48. The molecule has 1 fully saturated rings. The molecule has 3 aromatic rings. The number of benzene rings is 1. The molecule has 1 aromatic carbocycles. The summed E-state index contributed by atoms with van der Waals surface area (Å²) in [6.45, 7) is 0.440. The SMILES string of the molecule is O=C1CCC(NC(=O)c2cc(-c3ccco3)nn2-c2ccccc2)CN1. The van der Waals surface area contributed by atoms with E-state index >= 15 is 0 Å². The van der Waals surface area contributed by atoms with Gasteiger partial charge in [-0.25, -0.2) is 4.68 Å². The van der Waals surface area contributed by atoms with Crippen LogP contribution in [0.3, 0.4) is 0 Å². The van der Waals surface area contributed by atoms with Crippen molar-refractivity contribution < 1.29 is 14.0 Å². The summed E-state index contributed by atoms with van der Waals surface area (Å²) in [5.74, 6) is 0.379. The molecule has 0 radical (unpaired) electrons. The number of hydrogen-bond donors (Lipinski definition) is 2. The largest absolute Gasteiger partial charge is 0.463 e. The summed E-state index contributed by atoms with van der Waals surface area (Å²) in [5, 5.41) is 10.3. The number of carbonyl (C=O) groups is 2. The van der Waals surface area contributed by atoms with Crippen LogP contribution in [0.1, 0.15) is 23.3 Å². The van der Waals surface area contributed by atoms with Crippen LogP contribution in [0.5, 0.6) is 0 Å². The number of nitrogens with zero attached hydrogens (tertiary/aromatic N) is 2. The number of nitrogens with one attached hydrogen (secondary N) is 2. The molecule has 0 saturated carbocycles. The number of amides is 2. The average molecular weight is 350 g/mol. The van der Waals surface area contributed by atoms with Gasteiger partial charge in [-0.1, -0.05) is 18.2 Å². The predicted octanol–water partition coefficient (Wildman–Crippen LogP) is 2.14. The number of furan rings is 1. The number of para-hydroxylation sites is 1. The number of piperidine rings is 1. The minimum absolute atomic E-state index is 0.0185. The number of rotatable bonds is 4. The molecule has 0 spiro atoms. The van der Waals surface area contributed by atoms with Crippen molar-refractivity contribution in [1.29, 1.82) is 0 Å². The molecule has 7 heteroatoms. The molecular formula is C19H18N4O3. The molecule has 0 bridgehead atoms. The molecule has 1 aliphatic rings. The van der Waals surface area contributed by atoms with E-state index in [0.29, 0.717) is 36.5 Å². The highest BCUT2D eigenvalue weighted by molar-refractivity contribution is 5.94. The molecule has 7 nitrogen and oxygen atoms in total. The molecule has 1 saturated heterocycles. The van der Waals surface area contributed by atoms with E-state index in [4.69, 9.17) is 4.42 Å². The maximum Gasteiger partial charge on any atom is 0.270 e. The van der Waals surface area contributed by atoms with Crippen LogP contribution >= 0.6 is 0 Å². The van der Waals surface area contributed by atoms with Gasteiger partial charge in [0.05, 0.1) is 12.0 Å². The Hall–Kier alpha value is -3.35. The minimum Gasteiger partial charge on any atom is -0.463 e. The van der Waals surface area contributed by atoms with E-state index in [-0.39, 0.29) is 17.9 Å². The van der Waals surface area contributed by atoms with Gasteiger partial charge in [0.2, 0.25) is 5.91 Å². The molecule has 3 heterocycles. The van der Waals surface area contributed by atoms with E-state index in [1.165, 1.54) is 0 Å². The topological polar surface area (TPSA) is 89.2 Å². The van der Waals surface area contributed by atoms with Gasteiger partial charge in [0.25, 0.3) is 5.91 Å². The van der Waals surface area contributed by atoms with Gasteiger partial charge in [0.1, 0.15) is 11.4 Å². The van der Waals surface area contributed by atoms with Gasteiger partial charge in [-0.15, -0.1) is 0 Å². The van der Waals surface area contributed by atoms with Crippen LogP contribution in [-0.2, 0) is 4.79 Å². The van der Waals surface area contributed by atoms with E-state index in [1.807, 2.05) is 30.3 Å². The lowest BCUT2D eigenvalue weighted by Gasteiger charge is -2.23. The minimum atomic E-state index is -0.236. The van der Waals surface area contributed by atoms with E-state index in [9.17, 15) is 9.59 Å². The standard InChI is InChI=1S/C19H18N4O3/c24-18-9-8-13(12-20-18)21-19(25)16-11-15(17-7-4-10-26-17)22-23(16)14-5-2-1-3-6-14/h1-7,10-11,13H,8-9,12H2,(H,20,24)(H,21,25). The molecule has 0 aliphatic carbocycles. The number of aromatic nitrogens is 2. The first-order chi connectivity index (χ1) is 12.7. The molecule has 4 rings (SSSR count). The lowest BCUT2D eigenvalue weighted by atomic mass is 10.1. The maximum atomic E-state index is 12.9. The van der Waals surface area contributed by atoms with Gasteiger partial charge in [0, 0.05) is 25.1 Å². The van der Waals surface area contributed by atoms with Gasteiger partial charge in [-0.05, 0) is 30.7 Å². The Kier molecular flexibility index (Phi) is 4.27. The van der Waals surface area contributed by atoms with Crippen molar-refractivity contribution >= 4 is 11.8 Å². The van der Waals surface area contributed by atoms with Crippen LogP contribution in [-0.4, -0.2) is 34.2 Å². The van der Waals surface area contributed by atoms with Gasteiger partial charge < -0.3 is 15.1 Å². The van der Waals surface area contributed by atoms with Crippen molar-refractivity contribution in [2.75, 3.05) is 6.54 Å². The summed E-state index contributed by atoms with van der Waals surface area (Å²) in [6, 6.07) is 14.7. The zero-order valence-electron chi connectivity index (χ0n) is 14.0. The van der Waals surface area contributed by atoms with Crippen LogP contribution in [0.2, 0.25) is 0 Å². The third-order valence-electron chi connectivity index (χ3n) is 4.32. The second kappa shape index (κ2) is 6.87. The number of hydrogen-bond acceptors (Lipinski definition) is 4. The van der Waals surface area contributed by atoms with Gasteiger partial charge >= 0.3 is 0 Å². The highest BCUT2D eigenvalue weighted by Gasteiger charge is 2.24. The zero-order chi connectivity index (χ0) is 17.9. The second-order valence-corrected chi connectivity index (χ2v) is 6.15. The molecule has 1 unspecified atom stereocenters. The Morgan fingerprint density at radius 3 is 2.77 bits per heavy atom. The van der Waals surface area contributed by atoms with Crippen LogP contribution in [0.4, 0.5) is 0 Å². The summed E-state index contributed by atoms with van der Waals surface area (Å²) < 4.78 is 7.02. The monoisotopic (exact) mass is 350 g/mol. The fourth-order valence-corrected chi connectivity index (χ4v) is 2.97. The molecule has 1 atom stereocenters. The Morgan fingerprint density at radius 1 is 1.23 bits per heavy atom. The molecule has 2 amide bonds. The summed E-state index contributed by atoms with van der Waals surface area (Å²) in [7, 11) is 0. The molecule has 2 aromatic heterocycles. The summed E-state index contributed by atoms with van der Waals surface area (Å²) in [5.41, 5.74) is 1.79. The Bertz CT molecular complexity index is 906. The first-order valence-electron chi connectivity index (χ1n) is 8.47. The smallest absolute Gasteiger partial charge is 0.270 e. The van der Waals surface area contributed by atoms with Crippen molar-refractivity contribution in [3.63, 3.8) is 0 Å². The van der Waals surface area contributed by atoms with Crippen molar-refractivity contribution in [3.8, 4) is 17.1 Å². The van der Waals surface area contributed by atoms with Gasteiger partial charge in [0.15, 0.2) is 5.76 Å². The normalized spacial score (nSPS) is 16.9. The molecule has 2 N–H and O–H groups in total. The Labute approximate surface area is 150 Å². The van der Waals surface area contributed by atoms with Gasteiger partial charge in [-0.2, -0.15) is 5.10 Å². The van der Waals surface area contributed by atoms with Crippen molar-refractivity contribution in [1.82, 2.24) is 20.4 Å². The second-order valence-electron chi connectivity index (χ2n) is 6.15. The number of carbonyl (C=O) groups excluding carboxylic acids is 2. The molecule has 1 aliphatic heterocycles. The molecule has 26 heavy (non-hydrogen) atoms. The van der Waals surface area contributed by atoms with E-state index < -0.39 is 0 Å². The predicted molar refractivity (Wildman–Crippen MR) is 94.8 cm³/mol. The molecule has 132 valence electrons. The third kappa shape index (κ3) is 3.23.